The van der Waals surface area contributed by atoms with Crippen molar-refractivity contribution in [2.75, 3.05) is 28.7 Å². The molecule has 3 aromatic rings. The van der Waals surface area contributed by atoms with Crippen molar-refractivity contribution in [2.45, 2.75) is 64.3 Å². The first-order chi connectivity index (χ1) is 19.5. The zero-order valence-electron chi connectivity index (χ0n) is 23.3. The number of ether oxygens (including phenoxy) is 1. The number of carbonyl (C=O) groups excluding carboxylic acids is 1. The van der Waals surface area contributed by atoms with Crippen LogP contribution in [-0.2, 0) is 7.05 Å². The number of nitrogens with one attached hydrogen (secondary N) is 2. The molecule has 40 heavy (non-hydrogen) atoms. The highest BCUT2D eigenvalue weighted by molar-refractivity contribution is 6.19. The molecule has 4 aliphatic rings. The molecule has 0 saturated heterocycles. The van der Waals surface area contributed by atoms with Crippen LogP contribution in [0.15, 0.2) is 41.5 Å². The molecule has 2 aromatic heterocycles. The summed E-state index contributed by atoms with van der Waals surface area (Å²) in [7, 11) is 1.88. The second-order valence-corrected chi connectivity index (χ2v) is 11.8. The van der Waals surface area contributed by atoms with Crippen molar-refractivity contribution in [2.24, 2.45) is 23.9 Å². The number of hydrogen-bond donors (Lipinski definition) is 2. The van der Waals surface area contributed by atoms with Gasteiger partial charge in [0, 0.05) is 36.6 Å². The summed E-state index contributed by atoms with van der Waals surface area (Å²) in [5.41, 5.74) is 5.92. The number of guanidine groups is 1. The molecular weight excluding hydrogens is 502 g/mol. The van der Waals surface area contributed by atoms with Crippen LogP contribution in [0.1, 0.15) is 67.4 Å². The molecule has 2 N–H and O–H groups in total. The van der Waals surface area contributed by atoms with Gasteiger partial charge in [-0.25, -0.2) is 4.68 Å². The fourth-order valence-corrected chi connectivity index (χ4v) is 6.49. The van der Waals surface area contributed by atoms with Crippen LogP contribution in [0.25, 0.3) is 11.3 Å². The van der Waals surface area contributed by atoms with Gasteiger partial charge in [0.2, 0.25) is 11.8 Å². The van der Waals surface area contributed by atoms with Crippen LogP contribution in [0.3, 0.4) is 0 Å². The zero-order chi connectivity index (χ0) is 27.2. The van der Waals surface area contributed by atoms with Crippen molar-refractivity contribution in [1.29, 1.82) is 0 Å². The van der Waals surface area contributed by atoms with Crippen LogP contribution in [-0.4, -0.2) is 45.8 Å². The van der Waals surface area contributed by atoms with Crippen molar-refractivity contribution in [3.05, 3.63) is 47.8 Å². The molecule has 2 aliphatic heterocycles. The van der Waals surface area contributed by atoms with Crippen LogP contribution >= 0.6 is 0 Å². The van der Waals surface area contributed by atoms with Crippen molar-refractivity contribution in [3.8, 4) is 17.1 Å². The number of pyridine rings is 1. The van der Waals surface area contributed by atoms with Crippen molar-refractivity contribution < 1.29 is 9.53 Å². The molecule has 1 atom stereocenters. The van der Waals surface area contributed by atoms with E-state index >= 15 is 0 Å². The van der Waals surface area contributed by atoms with Gasteiger partial charge < -0.3 is 20.3 Å². The molecule has 2 bridgehead atoms. The molecule has 7 rings (SSSR count). The molecule has 0 radical (unpaired) electrons. The second kappa shape index (κ2) is 10.3. The third kappa shape index (κ3) is 4.93. The lowest BCUT2D eigenvalue weighted by Gasteiger charge is -2.26. The summed E-state index contributed by atoms with van der Waals surface area (Å²) in [6, 6.07) is 10.6. The molecule has 4 heterocycles. The van der Waals surface area contributed by atoms with E-state index in [1.807, 2.05) is 14.0 Å². The number of anilines is 3. The molecule has 208 valence electrons. The SMILES string of the molecule is Cc1cc2cc(n1)-c1cnn(C)c1OCCCC(C1CC1)CN1/C(=N/C2=O)Nc2ccc(NC3CCCC3)cc21. The second-order valence-electron chi connectivity index (χ2n) is 11.8. The number of rotatable bonds is 3. The average molecular weight is 540 g/mol. The van der Waals surface area contributed by atoms with Crippen LogP contribution in [0.5, 0.6) is 5.88 Å². The maximum atomic E-state index is 13.7. The van der Waals surface area contributed by atoms with E-state index in [2.05, 4.69) is 43.8 Å². The van der Waals surface area contributed by atoms with E-state index in [1.54, 1.807) is 23.0 Å². The highest BCUT2D eigenvalue weighted by Gasteiger charge is 2.36. The molecule has 9 nitrogen and oxygen atoms in total. The number of aromatic nitrogens is 3. The van der Waals surface area contributed by atoms with Gasteiger partial charge in [-0.3, -0.25) is 9.78 Å². The van der Waals surface area contributed by atoms with E-state index in [1.165, 1.54) is 38.5 Å². The summed E-state index contributed by atoms with van der Waals surface area (Å²) < 4.78 is 8.02. The Balaban J connectivity index is 1.27. The molecule has 0 spiro atoms. The summed E-state index contributed by atoms with van der Waals surface area (Å²) in [6.07, 6.45) is 11.3. The third-order valence-corrected chi connectivity index (χ3v) is 8.75. The van der Waals surface area contributed by atoms with Crippen LogP contribution in [0.2, 0.25) is 0 Å². The summed E-state index contributed by atoms with van der Waals surface area (Å²) >= 11 is 0. The van der Waals surface area contributed by atoms with Gasteiger partial charge in [0.25, 0.3) is 5.91 Å². The Bertz CT molecular complexity index is 1470. The lowest BCUT2D eigenvalue weighted by molar-refractivity contribution is 0.100. The normalized spacial score (nSPS) is 22.6. The minimum atomic E-state index is -0.291. The lowest BCUT2D eigenvalue weighted by Crippen LogP contribution is -2.36. The third-order valence-electron chi connectivity index (χ3n) is 8.75. The number of amides is 1. The maximum absolute atomic E-state index is 13.7. The number of hydrogen-bond acceptors (Lipinski definition) is 7. The predicted molar refractivity (Wildman–Crippen MR) is 157 cm³/mol. The van der Waals surface area contributed by atoms with Crippen LogP contribution in [0, 0.1) is 18.8 Å². The Morgan fingerprint density at radius 3 is 2.70 bits per heavy atom. The van der Waals surface area contributed by atoms with Gasteiger partial charge in [-0.1, -0.05) is 12.8 Å². The number of aryl methyl sites for hydroxylation is 2. The van der Waals surface area contributed by atoms with Gasteiger partial charge in [0.05, 0.1) is 35.4 Å². The van der Waals surface area contributed by atoms with Gasteiger partial charge in [-0.05, 0) is 87.6 Å². The monoisotopic (exact) mass is 539 g/mol. The molecule has 9 heteroatoms. The quantitative estimate of drug-likeness (QED) is 0.436. The summed E-state index contributed by atoms with van der Waals surface area (Å²) in [6.45, 7) is 3.33. The smallest absolute Gasteiger partial charge is 0.280 e. The molecule has 1 unspecified atom stereocenters. The van der Waals surface area contributed by atoms with E-state index < -0.39 is 0 Å². The van der Waals surface area contributed by atoms with E-state index in [-0.39, 0.29) is 5.91 Å². The van der Waals surface area contributed by atoms with Gasteiger partial charge in [0.15, 0.2) is 0 Å². The largest absolute Gasteiger partial charge is 0.477 e. The Hall–Kier alpha value is -3.88. The molecular formula is C31H37N7O2. The van der Waals surface area contributed by atoms with E-state index in [4.69, 9.17) is 9.72 Å². The Morgan fingerprint density at radius 2 is 1.88 bits per heavy atom. The highest BCUT2D eigenvalue weighted by atomic mass is 16.5. The minimum absolute atomic E-state index is 0.291. The van der Waals surface area contributed by atoms with Gasteiger partial charge in [0.1, 0.15) is 0 Å². The van der Waals surface area contributed by atoms with Crippen LogP contribution < -0.4 is 20.3 Å². The average Bonchev–Trinajstić information content (AvgIpc) is 3.38. The Kier molecular flexibility index (Phi) is 6.44. The standard InChI is InChI=1S/C31H37N7O2/c1-19-14-22-15-27(33-19)25-17-32-37(2)30(25)40-13-5-6-21(20-9-10-20)18-38-28-16-24(34-23-7-3-4-8-23)11-12-26(28)35-31(38)36-29(22)39/h11-12,14-17,20-21,23,34H,3-10,13,18H2,1-2H3,(H,35,36,39). The first-order valence-corrected chi connectivity index (χ1v) is 14.7. The Labute approximate surface area is 235 Å². The molecule has 2 saturated carbocycles. The van der Waals surface area contributed by atoms with Gasteiger partial charge in [-0.15, -0.1) is 0 Å². The first-order valence-electron chi connectivity index (χ1n) is 14.7. The van der Waals surface area contributed by atoms with E-state index in [0.29, 0.717) is 47.6 Å². The molecule has 2 aliphatic carbocycles. The molecule has 1 amide bonds. The number of aliphatic imine (C=N–C) groups is 1. The topological polar surface area (TPSA) is 96.7 Å². The summed E-state index contributed by atoms with van der Waals surface area (Å²) in [4.78, 5) is 25.3. The van der Waals surface area contributed by atoms with Gasteiger partial charge >= 0.3 is 0 Å². The van der Waals surface area contributed by atoms with Gasteiger partial charge in [-0.2, -0.15) is 10.1 Å². The van der Waals surface area contributed by atoms with Crippen molar-refractivity contribution in [3.63, 3.8) is 0 Å². The predicted octanol–water partition coefficient (Wildman–Crippen LogP) is 5.77. The first kappa shape index (κ1) is 25.1. The molecule has 1 aromatic carbocycles. The summed E-state index contributed by atoms with van der Waals surface area (Å²) in [5, 5.41) is 11.6. The van der Waals surface area contributed by atoms with Crippen LogP contribution in [0.4, 0.5) is 17.1 Å². The summed E-state index contributed by atoms with van der Waals surface area (Å²) in [5.74, 6) is 2.18. The van der Waals surface area contributed by atoms with E-state index in [9.17, 15) is 4.79 Å². The Morgan fingerprint density at radius 1 is 1.02 bits per heavy atom. The van der Waals surface area contributed by atoms with Crippen molar-refractivity contribution in [1.82, 2.24) is 14.8 Å². The van der Waals surface area contributed by atoms with E-state index in [0.717, 1.165) is 47.7 Å². The number of benzene rings is 1. The lowest BCUT2D eigenvalue weighted by atomic mass is 9.97. The number of carbonyl (C=O) groups is 1. The zero-order valence-corrected chi connectivity index (χ0v) is 23.3. The molecule has 2 fully saturated rings. The fraction of sp³-hybridized carbons (Fsp3) is 0.484. The fourth-order valence-electron chi connectivity index (χ4n) is 6.49. The van der Waals surface area contributed by atoms with Crippen molar-refractivity contribution >= 4 is 28.9 Å². The highest BCUT2D eigenvalue weighted by Crippen LogP contribution is 2.43. The number of nitrogens with zero attached hydrogens (tertiary/aromatic N) is 5. The number of fused-ring (bicyclic) bond motifs is 7. The maximum Gasteiger partial charge on any atom is 0.280 e. The minimum Gasteiger partial charge on any atom is -0.477 e.